The lowest BCUT2D eigenvalue weighted by Crippen LogP contribution is -2.24. The number of carbonyl (C=O) groups is 1. The van der Waals surface area contributed by atoms with Crippen molar-refractivity contribution in [1.29, 1.82) is 0 Å². The van der Waals surface area contributed by atoms with Crippen LogP contribution in [-0.2, 0) is 17.9 Å². The first-order valence-electron chi connectivity index (χ1n) is 9.87. The number of nitrogens with one attached hydrogen (secondary N) is 1. The van der Waals surface area contributed by atoms with Gasteiger partial charge in [0.05, 0.1) is 5.75 Å². The lowest BCUT2D eigenvalue weighted by molar-refractivity contribution is -0.118. The number of hydrogen-bond donors (Lipinski definition) is 1. The van der Waals surface area contributed by atoms with Crippen LogP contribution < -0.4 is 10.1 Å². The minimum absolute atomic E-state index is 0.0871. The molecule has 2 aromatic carbocycles. The van der Waals surface area contributed by atoms with Gasteiger partial charge in [-0.05, 0) is 43.7 Å². The molecule has 162 valence electrons. The predicted octanol–water partition coefficient (Wildman–Crippen LogP) is 4.46. The molecule has 1 heterocycles. The summed E-state index contributed by atoms with van der Waals surface area (Å²) in [5.74, 6) is 0.942. The Morgan fingerprint density at radius 3 is 2.61 bits per heavy atom. The van der Waals surface area contributed by atoms with Crippen molar-refractivity contribution >= 4 is 17.7 Å². The second-order valence-corrected chi connectivity index (χ2v) is 7.95. The highest BCUT2D eigenvalue weighted by Gasteiger charge is 2.19. The third-order valence-corrected chi connectivity index (χ3v) is 5.46. The fourth-order valence-electron chi connectivity index (χ4n) is 2.87. The molecule has 0 fully saturated rings. The largest absolute Gasteiger partial charge is 0.483 e. The Hall–Kier alpha value is -3.13. The Balaban J connectivity index is 1.59. The number of thioether (sulfide) groups is 1. The third kappa shape index (κ3) is 6.42. The van der Waals surface area contributed by atoms with E-state index in [4.69, 9.17) is 4.74 Å². The van der Waals surface area contributed by atoms with Crippen molar-refractivity contribution in [2.24, 2.45) is 0 Å². The molecule has 0 aliphatic carbocycles. The fraction of sp³-hybridized carbons (Fsp3) is 0.261. The number of hydrogen-bond acceptors (Lipinski definition) is 5. The molecule has 1 unspecified atom stereocenters. The number of nitrogens with zero attached hydrogens (tertiary/aromatic N) is 3. The Kier molecular flexibility index (Phi) is 7.83. The molecule has 3 aromatic rings. The van der Waals surface area contributed by atoms with E-state index in [1.807, 2.05) is 42.7 Å². The molecule has 0 saturated carbocycles. The van der Waals surface area contributed by atoms with Crippen LogP contribution in [0.3, 0.4) is 0 Å². The van der Waals surface area contributed by atoms with E-state index in [9.17, 15) is 9.18 Å². The van der Waals surface area contributed by atoms with Gasteiger partial charge in [-0.3, -0.25) is 9.36 Å². The Bertz CT molecular complexity index is 1020. The maximum Gasteiger partial charge on any atom is 0.230 e. The molecule has 0 radical (unpaired) electrons. The van der Waals surface area contributed by atoms with Crippen molar-refractivity contribution < 1.29 is 13.9 Å². The summed E-state index contributed by atoms with van der Waals surface area (Å²) in [5, 5.41) is 12.0. The summed E-state index contributed by atoms with van der Waals surface area (Å²) in [4.78, 5) is 12.3. The van der Waals surface area contributed by atoms with Gasteiger partial charge in [0.15, 0.2) is 17.1 Å². The molecule has 0 bridgehead atoms. The van der Waals surface area contributed by atoms with Gasteiger partial charge in [-0.25, -0.2) is 4.39 Å². The summed E-state index contributed by atoms with van der Waals surface area (Å²) in [6.45, 7) is 8.61. The van der Waals surface area contributed by atoms with Gasteiger partial charge in [0.25, 0.3) is 0 Å². The summed E-state index contributed by atoms with van der Waals surface area (Å²) < 4.78 is 20.8. The Morgan fingerprint density at radius 2 is 1.94 bits per heavy atom. The molecule has 0 aliphatic rings. The Labute approximate surface area is 185 Å². The summed E-state index contributed by atoms with van der Waals surface area (Å²) in [6, 6.07) is 13.8. The molecule has 3 rings (SSSR count). The molecule has 1 amide bonds. The second-order valence-electron chi connectivity index (χ2n) is 7.01. The quantitative estimate of drug-likeness (QED) is 0.372. The molecule has 1 atom stereocenters. The lowest BCUT2D eigenvalue weighted by Gasteiger charge is -2.15. The predicted molar refractivity (Wildman–Crippen MR) is 119 cm³/mol. The van der Waals surface area contributed by atoms with Crippen LogP contribution in [0.4, 0.5) is 4.39 Å². The number of benzene rings is 2. The van der Waals surface area contributed by atoms with Crippen molar-refractivity contribution in [2.75, 3.05) is 5.75 Å². The fourth-order valence-corrected chi connectivity index (χ4v) is 3.65. The SMILES string of the molecule is C=CCn1c(SCC(=O)NCc2ccc(C)cc2)nnc1C(C)Oc1ccc(F)cc1. The van der Waals surface area contributed by atoms with Crippen molar-refractivity contribution in [3.63, 3.8) is 0 Å². The average molecular weight is 441 g/mol. The average Bonchev–Trinajstić information content (AvgIpc) is 3.16. The minimum atomic E-state index is -0.414. The van der Waals surface area contributed by atoms with E-state index in [-0.39, 0.29) is 17.5 Å². The van der Waals surface area contributed by atoms with Gasteiger partial charge < -0.3 is 10.1 Å². The second kappa shape index (κ2) is 10.8. The van der Waals surface area contributed by atoms with Gasteiger partial charge in [0, 0.05) is 13.1 Å². The Morgan fingerprint density at radius 1 is 1.23 bits per heavy atom. The first kappa shape index (κ1) is 22.6. The van der Waals surface area contributed by atoms with Crippen LogP contribution in [0, 0.1) is 12.7 Å². The van der Waals surface area contributed by atoms with Crippen LogP contribution in [0.5, 0.6) is 5.75 Å². The highest BCUT2D eigenvalue weighted by molar-refractivity contribution is 7.99. The maximum atomic E-state index is 13.1. The summed E-state index contributed by atoms with van der Waals surface area (Å²) in [6.07, 6.45) is 1.32. The molecule has 8 heteroatoms. The number of aromatic nitrogens is 3. The van der Waals surface area contributed by atoms with E-state index in [2.05, 4.69) is 22.1 Å². The molecule has 0 spiro atoms. The number of aryl methyl sites for hydroxylation is 1. The van der Waals surface area contributed by atoms with Crippen molar-refractivity contribution in [3.05, 3.63) is 84.0 Å². The summed E-state index contributed by atoms with van der Waals surface area (Å²) in [7, 11) is 0. The number of carbonyl (C=O) groups excluding carboxylic acids is 1. The van der Waals surface area contributed by atoms with E-state index < -0.39 is 6.10 Å². The molecule has 1 N–H and O–H groups in total. The molecule has 0 aliphatic heterocycles. The van der Waals surface area contributed by atoms with E-state index >= 15 is 0 Å². The number of amides is 1. The van der Waals surface area contributed by atoms with E-state index in [0.717, 1.165) is 5.56 Å². The zero-order chi connectivity index (χ0) is 22.2. The summed E-state index contributed by atoms with van der Waals surface area (Å²) >= 11 is 1.30. The van der Waals surface area contributed by atoms with E-state index in [1.165, 1.54) is 29.5 Å². The smallest absolute Gasteiger partial charge is 0.230 e. The van der Waals surface area contributed by atoms with Gasteiger partial charge in [-0.2, -0.15) is 0 Å². The van der Waals surface area contributed by atoms with Crippen LogP contribution in [0.2, 0.25) is 0 Å². The minimum Gasteiger partial charge on any atom is -0.483 e. The van der Waals surface area contributed by atoms with Gasteiger partial charge in [-0.1, -0.05) is 47.7 Å². The molecular formula is C23H25FN4O2S. The zero-order valence-corrected chi connectivity index (χ0v) is 18.4. The molecule has 31 heavy (non-hydrogen) atoms. The van der Waals surface area contributed by atoms with E-state index in [0.29, 0.717) is 29.8 Å². The van der Waals surface area contributed by atoms with Crippen LogP contribution in [0.1, 0.15) is 30.0 Å². The first-order valence-corrected chi connectivity index (χ1v) is 10.9. The third-order valence-electron chi connectivity index (χ3n) is 4.49. The molecule has 0 saturated heterocycles. The number of halogens is 1. The highest BCUT2D eigenvalue weighted by atomic mass is 32.2. The lowest BCUT2D eigenvalue weighted by atomic mass is 10.1. The van der Waals surface area contributed by atoms with Crippen LogP contribution >= 0.6 is 11.8 Å². The summed E-state index contributed by atoms with van der Waals surface area (Å²) in [5.41, 5.74) is 2.23. The van der Waals surface area contributed by atoms with Crippen molar-refractivity contribution in [2.45, 2.75) is 38.2 Å². The van der Waals surface area contributed by atoms with Gasteiger partial charge >= 0.3 is 0 Å². The standard InChI is InChI=1S/C23H25FN4O2S/c1-4-13-28-22(17(3)30-20-11-9-19(24)10-12-20)26-27-23(28)31-15-21(29)25-14-18-7-5-16(2)6-8-18/h4-12,17H,1,13-15H2,2-3H3,(H,25,29). The van der Waals surface area contributed by atoms with Crippen LogP contribution in [0.15, 0.2) is 66.3 Å². The number of rotatable bonds is 10. The topological polar surface area (TPSA) is 69.0 Å². The molecular weight excluding hydrogens is 415 g/mol. The van der Waals surface area contributed by atoms with Gasteiger partial charge in [-0.15, -0.1) is 16.8 Å². The molecule has 6 nitrogen and oxygen atoms in total. The maximum absolute atomic E-state index is 13.1. The highest BCUT2D eigenvalue weighted by Crippen LogP contribution is 2.25. The number of allylic oxidation sites excluding steroid dienone is 1. The van der Waals surface area contributed by atoms with Crippen LogP contribution in [-0.4, -0.2) is 26.4 Å². The monoisotopic (exact) mass is 440 g/mol. The number of ether oxygens (including phenoxy) is 1. The zero-order valence-electron chi connectivity index (χ0n) is 17.5. The van der Waals surface area contributed by atoms with Gasteiger partial charge in [0.2, 0.25) is 5.91 Å². The molecule has 1 aromatic heterocycles. The van der Waals surface area contributed by atoms with Crippen molar-refractivity contribution in [1.82, 2.24) is 20.1 Å². The van der Waals surface area contributed by atoms with Crippen molar-refractivity contribution in [3.8, 4) is 5.75 Å². The van der Waals surface area contributed by atoms with E-state index in [1.54, 1.807) is 18.2 Å². The first-order chi connectivity index (χ1) is 15.0. The normalized spacial score (nSPS) is 11.7. The van der Waals surface area contributed by atoms with Gasteiger partial charge in [0.1, 0.15) is 11.6 Å². The van der Waals surface area contributed by atoms with Crippen LogP contribution in [0.25, 0.3) is 0 Å².